The molecule has 0 aromatic carbocycles. The van der Waals surface area contributed by atoms with E-state index < -0.39 is 0 Å². The van der Waals surface area contributed by atoms with E-state index in [9.17, 15) is 4.79 Å². The van der Waals surface area contributed by atoms with Gasteiger partial charge in [-0.25, -0.2) is 0 Å². The van der Waals surface area contributed by atoms with Crippen molar-refractivity contribution in [2.45, 2.75) is 6.42 Å². The Morgan fingerprint density at radius 3 is 3.00 bits per heavy atom. The van der Waals surface area contributed by atoms with Gasteiger partial charge in [0.15, 0.2) is 0 Å². The zero-order valence-electron chi connectivity index (χ0n) is 7.55. The molecule has 0 N–H and O–H groups in total. The fourth-order valence-corrected chi connectivity index (χ4v) is 2.73. The molecule has 0 bridgehead atoms. The highest BCUT2D eigenvalue weighted by Crippen LogP contribution is 2.51. The summed E-state index contributed by atoms with van der Waals surface area (Å²) < 4.78 is 8.99. The fourth-order valence-electron chi connectivity index (χ4n) is 2.27. The Balaban J connectivity index is 1.62. The van der Waals surface area contributed by atoms with Crippen molar-refractivity contribution in [1.82, 2.24) is 9.59 Å². The van der Waals surface area contributed by atoms with Crippen LogP contribution in [0.3, 0.4) is 0 Å². The van der Waals surface area contributed by atoms with Crippen LogP contribution in [0, 0.1) is 17.8 Å². The topological polar surface area (TPSA) is 52.1 Å². The lowest BCUT2D eigenvalue weighted by molar-refractivity contribution is -0.121. The summed E-state index contributed by atoms with van der Waals surface area (Å²) in [6.07, 6.45) is 0.453. The van der Waals surface area contributed by atoms with Gasteiger partial charge in [-0.1, -0.05) is 4.49 Å². The van der Waals surface area contributed by atoms with Crippen LogP contribution < -0.4 is 0 Å². The molecule has 2 aliphatic rings. The number of carbonyl (C=O) groups is 1. The van der Waals surface area contributed by atoms with Gasteiger partial charge in [0.05, 0.1) is 25.3 Å². The minimum Gasteiger partial charge on any atom is -0.381 e. The van der Waals surface area contributed by atoms with Gasteiger partial charge in [-0.2, -0.15) is 0 Å². The highest BCUT2D eigenvalue weighted by molar-refractivity contribution is 7.03. The summed E-state index contributed by atoms with van der Waals surface area (Å²) in [6, 6.07) is 0. The van der Waals surface area contributed by atoms with Gasteiger partial charge in [0.2, 0.25) is 0 Å². The maximum Gasteiger partial charge on any atom is 0.142 e. The van der Waals surface area contributed by atoms with E-state index in [0.717, 1.165) is 18.9 Å². The minimum atomic E-state index is 0.255. The van der Waals surface area contributed by atoms with Crippen molar-refractivity contribution in [3.63, 3.8) is 0 Å². The SMILES string of the molecule is O=C(Cc1csnn1)C1C2COCC21. The molecule has 3 rings (SSSR count). The summed E-state index contributed by atoms with van der Waals surface area (Å²) >= 11 is 1.30. The average molecular weight is 210 g/mol. The number of rotatable bonds is 3. The third kappa shape index (κ3) is 1.27. The van der Waals surface area contributed by atoms with Crippen molar-refractivity contribution in [2.24, 2.45) is 17.8 Å². The summed E-state index contributed by atoms with van der Waals surface area (Å²) in [5, 5.41) is 5.72. The smallest absolute Gasteiger partial charge is 0.142 e. The monoisotopic (exact) mass is 210 g/mol. The molecule has 1 aromatic heterocycles. The molecule has 5 heteroatoms. The normalized spacial score (nSPS) is 34.1. The van der Waals surface area contributed by atoms with Crippen LogP contribution in [0.25, 0.3) is 0 Å². The zero-order chi connectivity index (χ0) is 9.54. The largest absolute Gasteiger partial charge is 0.381 e. The number of hydrogen-bond acceptors (Lipinski definition) is 5. The maximum absolute atomic E-state index is 11.8. The van der Waals surface area contributed by atoms with Crippen LogP contribution in [0.2, 0.25) is 0 Å². The minimum absolute atomic E-state index is 0.255. The predicted octanol–water partition coefficient (Wildman–Crippen LogP) is 0.542. The first-order valence-electron chi connectivity index (χ1n) is 4.72. The van der Waals surface area contributed by atoms with E-state index in [4.69, 9.17) is 4.74 Å². The van der Waals surface area contributed by atoms with Gasteiger partial charge < -0.3 is 4.74 Å². The van der Waals surface area contributed by atoms with Crippen LogP contribution in [-0.4, -0.2) is 28.6 Å². The number of aromatic nitrogens is 2. The molecular formula is C9H10N2O2S. The van der Waals surface area contributed by atoms with Gasteiger partial charge in [0, 0.05) is 11.3 Å². The summed E-state index contributed by atoms with van der Waals surface area (Å²) in [4.78, 5) is 11.8. The predicted molar refractivity (Wildman–Crippen MR) is 49.9 cm³/mol. The van der Waals surface area contributed by atoms with Crippen molar-refractivity contribution in [3.05, 3.63) is 11.1 Å². The second-order valence-electron chi connectivity index (χ2n) is 3.93. The second kappa shape index (κ2) is 3.10. The Kier molecular flexibility index (Phi) is 1.88. The molecule has 2 atom stereocenters. The molecule has 1 aliphatic carbocycles. The number of fused-ring (bicyclic) bond motifs is 1. The van der Waals surface area contributed by atoms with Crippen molar-refractivity contribution in [3.8, 4) is 0 Å². The number of ketones is 1. The fraction of sp³-hybridized carbons (Fsp3) is 0.667. The van der Waals surface area contributed by atoms with Crippen molar-refractivity contribution < 1.29 is 9.53 Å². The van der Waals surface area contributed by atoms with Gasteiger partial charge in [-0.3, -0.25) is 4.79 Å². The van der Waals surface area contributed by atoms with Crippen LogP contribution in [0.15, 0.2) is 5.38 Å². The van der Waals surface area contributed by atoms with Gasteiger partial charge in [-0.15, -0.1) is 5.10 Å². The number of ether oxygens (including phenoxy) is 1. The van der Waals surface area contributed by atoms with Crippen LogP contribution >= 0.6 is 11.5 Å². The molecule has 2 fully saturated rings. The second-order valence-corrected chi connectivity index (χ2v) is 4.54. The molecule has 0 amide bonds. The van der Waals surface area contributed by atoms with E-state index in [-0.39, 0.29) is 5.92 Å². The van der Waals surface area contributed by atoms with Crippen LogP contribution in [0.5, 0.6) is 0 Å². The highest BCUT2D eigenvalue weighted by atomic mass is 32.1. The van der Waals surface area contributed by atoms with Crippen molar-refractivity contribution >= 4 is 17.3 Å². The molecule has 74 valence electrons. The van der Waals surface area contributed by atoms with Crippen LogP contribution in [-0.2, 0) is 16.0 Å². The van der Waals surface area contributed by atoms with Gasteiger partial charge in [0.25, 0.3) is 0 Å². The lowest BCUT2D eigenvalue weighted by atomic mass is 10.1. The molecular weight excluding hydrogens is 200 g/mol. The van der Waals surface area contributed by atoms with Gasteiger partial charge >= 0.3 is 0 Å². The molecule has 1 saturated heterocycles. The quantitative estimate of drug-likeness (QED) is 0.730. The Labute approximate surface area is 85.4 Å². The van der Waals surface area contributed by atoms with Gasteiger partial charge in [0.1, 0.15) is 5.78 Å². The van der Waals surface area contributed by atoms with Crippen LogP contribution in [0.4, 0.5) is 0 Å². The summed E-state index contributed by atoms with van der Waals surface area (Å²) in [7, 11) is 0. The zero-order valence-corrected chi connectivity index (χ0v) is 8.37. The Hall–Kier alpha value is -0.810. The number of carbonyl (C=O) groups excluding carboxylic acids is 1. The lowest BCUT2D eigenvalue weighted by Crippen LogP contribution is -2.12. The highest BCUT2D eigenvalue weighted by Gasteiger charge is 2.57. The lowest BCUT2D eigenvalue weighted by Gasteiger charge is -2.01. The van der Waals surface area contributed by atoms with E-state index in [1.807, 2.05) is 5.38 Å². The summed E-state index contributed by atoms with van der Waals surface area (Å²) in [6.45, 7) is 1.55. The first-order valence-corrected chi connectivity index (χ1v) is 5.56. The molecule has 14 heavy (non-hydrogen) atoms. The molecule has 4 nitrogen and oxygen atoms in total. The van der Waals surface area contributed by atoms with E-state index in [1.54, 1.807) is 0 Å². The summed E-state index contributed by atoms with van der Waals surface area (Å²) in [5.41, 5.74) is 0.811. The van der Waals surface area contributed by atoms with Crippen molar-refractivity contribution in [1.29, 1.82) is 0 Å². The van der Waals surface area contributed by atoms with E-state index in [0.29, 0.717) is 24.0 Å². The third-order valence-electron chi connectivity index (χ3n) is 3.08. The molecule has 2 unspecified atom stereocenters. The first kappa shape index (κ1) is 8.49. The number of Topliss-reactive ketones (excluding diaryl/α,β-unsaturated/α-hetero) is 1. The molecule has 1 saturated carbocycles. The van der Waals surface area contributed by atoms with E-state index in [1.165, 1.54) is 11.5 Å². The van der Waals surface area contributed by atoms with Crippen LogP contribution in [0.1, 0.15) is 5.69 Å². The molecule has 2 heterocycles. The Morgan fingerprint density at radius 2 is 2.36 bits per heavy atom. The number of hydrogen-bond donors (Lipinski definition) is 0. The number of nitrogens with zero attached hydrogens (tertiary/aromatic N) is 2. The van der Waals surface area contributed by atoms with E-state index >= 15 is 0 Å². The van der Waals surface area contributed by atoms with Gasteiger partial charge in [-0.05, 0) is 23.4 Å². The van der Waals surface area contributed by atoms with Crippen molar-refractivity contribution in [2.75, 3.05) is 13.2 Å². The van der Waals surface area contributed by atoms with E-state index in [2.05, 4.69) is 9.59 Å². The standard InChI is InChI=1S/C9H10N2O2S/c12-8(1-5-4-14-11-10-5)9-6-2-13-3-7(6)9/h4,6-7,9H,1-3H2. The molecule has 0 spiro atoms. The third-order valence-corrected chi connectivity index (χ3v) is 3.64. The molecule has 1 aliphatic heterocycles. The molecule has 0 radical (unpaired) electrons. The summed E-state index contributed by atoms with van der Waals surface area (Å²) in [5.74, 6) is 1.59. The maximum atomic E-state index is 11.8. The molecule has 1 aromatic rings. The first-order chi connectivity index (χ1) is 6.86. The Bertz CT molecular complexity index is 342. The Morgan fingerprint density at radius 1 is 1.57 bits per heavy atom. The average Bonchev–Trinajstić information content (AvgIpc) is 2.63.